The van der Waals surface area contributed by atoms with Crippen LogP contribution < -0.4 is 0 Å². The highest BCUT2D eigenvalue weighted by Crippen LogP contribution is 2.76. The van der Waals surface area contributed by atoms with Gasteiger partial charge in [0.05, 0.1) is 0 Å². The standard InChI is InChI=1S/C11H18/c1-5-6-11(4)9-7(2)8(3)10(9)11/h5-10H,1-4H3. The average Bonchev–Trinajstić information content (AvgIpc) is 2.52. The van der Waals surface area contributed by atoms with Crippen LogP contribution in [0.15, 0.2) is 12.2 Å². The van der Waals surface area contributed by atoms with Crippen molar-refractivity contribution in [3.05, 3.63) is 12.2 Å². The van der Waals surface area contributed by atoms with E-state index in [1.54, 1.807) is 0 Å². The first-order valence-electron chi connectivity index (χ1n) is 4.76. The third kappa shape index (κ3) is 0.660. The molecule has 0 spiro atoms. The zero-order chi connectivity index (χ0) is 8.22. The van der Waals surface area contributed by atoms with Gasteiger partial charge in [0.1, 0.15) is 0 Å². The summed E-state index contributed by atoms with van der Waals surface area (Å²) in [6.45, 7) is 9.36. The van der Waals surface area contributed by atoms with Crippen molar-refractivity contribution in [1.29, 1.82) is 0 Å². The fourth-order valence-corrected chi connectivity index (χ4v) is 3.48. The van der Waals surface area contributed by atoms with Crippen molar-refractivity contribution in [2.24, 2.45) is 29.1 Å². The zero-order valence-electron chi connectivity index (χ0n) is 7.96. The lowest BCUT2D eigenvalue weighted by Crippen LogP contribution is -2.23. The van der Waals surface area contributed by atoms with E-state index in [0.29, 0.717) is 5.41 Å². The van der Waals surface area contributed by atoms with Crippen molar-refractivity contribution >= 4 is 0 Å². The normalized spacial score (nSPS) is 60.7. The Kier molecular flexibility index (Phi) is 1.28. The van der Waals surface area contributed by atoms with Gasteiger partial charge in [0.15, 0.2) is 0 Å². The first-order chi connectivity index (χ1) is 5.13. The van der Waals surface area contributed by atoms with Crippen LogP contribution in [0.4, 0.5) is 0 Å². The molecule has 62 valence electrons. The lowest BCUT2D eigenvalue weighted by atomic mass is 9.77. The first kappa shape index (κ1) is 7.39. The van der Waals surface area contributed by atoms with Crippen LogP contribution in [0.2, 0.25) is 0 Å². The number of rotatable bonds is 1. The number of hydrogen-bond acceptors (Lipinski definition) is 0. The van der Waals surface area contributed by atoms with Crippen LogP contribution in [-0.2, 0) is 0 Å². The zero-order valence-corrected chi connectivity index (χ0v) is 7.96. The minimum absolute atomic E-state index is 0.591. The molecule has 0 heterocycles. The lowest BCUT2D eigenvalue weighted by Gasteiger charge is -2.28. The second-order valence-electron chi connectivity index (χ2n) is 4.64. The van der Waals surface area contributed by atoms with Crippen LogP contribution in [0.3, 0.4) is 0 Å². The summed E-state index contributed by atoms with van der Waals surface area (Å²) in [5.74, 6) is 3.99. The molecule has 0 saturated heterocycles. The molecule has 0 aromatic heterocycles. The Morgan fingerprint density at radius 2 is 1.55 bits per heavy atom. The number of allylic oxidation sites excluding steroid dienone is 2. The van der Waals surface area contributed by atoms with E-state index in [9.17, 15) is 0 Å². The van der Waals surface area contributed by atoms with Gasteiger partial charge in [-0.25, -0.2) is 0 Å². The fraction of sp³-hybridized carbons (Fsp3) is 0.818. The molecule has 0 bridgehead atoms. The SMILES string of the molecule is CC=CC1(C)C2C(C)C(C)C21. The molecular formula is C11H18. The Morgan fingerprint density at radius 1 is 1.09 bits per heavy atom. The largest absolute Gasteiger partial charge is 0.0911 e. The molecule has 2 fully saturated rings. The quantitative estimate of drug-likeness (QED) is 0.504. The topological polar surface area (TPSA) is 0 Å². The van der Waals surface area contributed by atoms with Gasteiger partial charge in [0, 0.05) is 0 Å². The van der Waals surface area contributed by atoms with E-state index in [1.807, 2.05) is 0 Å². The maximum Gasteiger partial charge on any atom is -0.00788 e. The van der Waals surface area contributed by atoms with Gasteiger partial charge >= 0.3 is 0 Å². The second-order valence-corrected chi connectivity index (χ2v) is 4.64. The predicted octanol–water partition coefficient (Wildman–Crippen LogP) is 3.10. The summed E-state index contributed by atoms with van der Waals surface area (Å²) in [5.41, 5.74) is 0.591. The monoisotopic (exact) mass is 150 g/mol. The Morgan fingerprint density at radius 3 is 1.91 bits per heavy atom. The predicted molar refractivity (Wildman–Crippen MR) is 48.2 cm³/mol. The molecule has 4 atom stereocenters. The maximum atomic E-state index is 2.42. The molecular weight excluding hydrogens is 132 g/mol. The Bertz CT molecular complexity index is 188. The molecule has 2 aliphatic carbocycles. The van der Waals surface area contributed by atoms with Gasteiger partial charge in [0.2, 0.25) is 0 Å². The summed E-state index contributed by atoms with van der Waals surface area (Å²) >= 11 is 0. The van der Waals surface area contributed by atoms with Gasteiger partial charge < -0.3 is 0 Å². The Balaban J connectivity index is 2.13. The van der Waals surface area contributed by atoms with Crippen LogP contribution in [-0.4, -0.2) is 0 Å². The number of hydrogen-bond donors (Lipinski definition) is 0. The molecule has 0 N–H and O–H groups in total. The van der Waals surface area contributed by atoms with Crippen molar-refractivity contribution in [2.75, 3.05) is 0 Å². The second kappa shape index (κ2) is 1.91. The molecule has 2 aliphatic rings. The van der Waals surface area contributed by atoms with E-state index >= 15 is 0 Å². The van der Waals surface area contributed by atoms with Gasteiger partial charge in [-0.15, -0.1) is 0 Å². The van der Waals surface area contributed by atoms with E-state index < -0.39 is 0 Å². The minimum atomic E-state index is 0.591. The smallest absolute Gasteiger partial charge is 0.00788 e. The summed E-state index contributed by atoms with van der Waals surface area (Å²) in [5, 5.41) is 0. The van der Waals surface area contributed by atoms with Crippen molar-refractivity contribution in [3.63, 3.8) is 0 Å². The van der Waals surface area contributed by atoms with Gasteiger partial charge in [-0.3, -0.25) is 0 Å². The molecule has 2 rings (SSSR count). The molecule has 4 unspecified atom stereocenters. The molecule has 2 saturated carbocycles. The highest BCUT2D eigenvalue weighted by Gasteiger charge is 2.71. The molecule has 0 nitrogen and oxygen atoms in total. The maximum absolute atomic E-state index is 2.42. The van der Waals surface area contributed by atoms with Crippen LogP contribution >= 0.6 is 0 Å². The van der Waals surface area contributed by atoms with Gasteiger partial charge in [-0.05, 0) is 36.0 Å². The van der Waals surface area contributed by atoms with E-state index in [1.165, 1.54) is 0 Å². The van der Waals surface area contributed by atoms with Crippen LogP contribution in [0.5, 0.6) is 0 Å². The first-order valence-corrected chi connectivity index (χ1v) is 4.76. The van der Waals surface area contributed by atoms with Crippen molar-refractivity contribution in [2.45, 2.75) is 27.7 Å². The average molecular weight is 150 g/mol. The summed E-state index contributed by atoms with van der Waals surface area (Å²) in [7, 11) is 0. The molecule has 0 aromatic rings. The third-order valence-electron chi connectivity index (χ3n) is 4.20. The molecule has 0 amide bonds. The van der Waals surface area contributed by atoms with Crippen LogP contribution in [0.1, 0.15) is 27.7 Å². The summed E-state index contributed by atoms with van der Waals surface area (Å²) < 4.78 is 0. The molecule has 0 heteroatoms. The van der Waals surface area contributed by atoms with Crippen LogP contribution in [0.25, 0.3) is 0 Å². The van der Waals surface area contributed by atoms with Gasteiger partial charge in [0.25, 0.3) is 0 Å². The minimum Gasteiger partial charge on any atom is -0.0911 e. The fourth-order valence-electron chi connectivity index (χ4n) is 3.48. The molecule has 0 aromatic carbocycles. The van der Waals surface area contributed by atoms with Crippen molar-refractivity contribution < 1.29 is 0 Å². The highest BCUT2D eigenvalue weighted by molar-refractivity contribution is 5.27. The molecule has 0 aliphatic heterocycles. The van der Waals surface area contributed by atoms with Crippen molar-refractivity contribution in [1.82, 2.24) is 0 Å². The lowest BCUT2D eigenvalue weighted by molar-refractivity contribution is 0.195. The Hall–Kier alpha value is -0.260. The molecule has 11 heavy (non-hydrogen) atoms. The number of fused-ring (bicyclic) bond motifs is 1. The molecule has 0 radical (unpaired) electrons. The van der Waals surface area contributed by atoms with Crippen molar-refractivity contribution in [3.8, 4) is 0 Å². The van der Waals surface area contributed by atoms with Crippen LogP contribution in [0, 0.1) is 29.1 Å². The Labute approximate surface area is 69.7 Å². The van der Waals surface area contributed by atoms with E-state index in [0.717, 1.165) is 23.7 Å². The van der Waals surface area contributed by atoms with Gasteiger partial charge in [-0.2, -0.15) is 0 Å². The van der Waals surface area contributed by atoms with E-state index in [-0.39, 0.29) is 0 Å². The van der Waals surface area contributed by atoms with Gasteiger partial charge in [-0.1, -0.05) is 32.9 Å². The van der Waals surface area contributed by atoms with E-state index in [2.05, 4.69) is 39.8 Å². The summed E-state index contributed by atoms with van der Waals surface area (Å²) in [4.78, 5) is 0. The van der Waals surface area contributed by atoms with E-state index in [4.69, 9.17) is 0 Å². The highest BCUT2D eigenvalue weighted by atomic mass is 14.8. The summed E-state index contributed by atoms with van der Waals surface area (Å²) in [6.07, 6.45) is 4.64. The third-order valence-corrected chi connectivity index (χ3v) is 4.20. The summed E-state index contributed by atoms with van der Waals surface area (Å²) in [6, 6.07) is 0.